The molecule has 1 atom stereocenters. The average molecular weight is 211 g/mol. The third kappa shape index (κ3) is 2.07. The summed E-state index contributed by atoms with van der Waals surface area (Å²) in [4.78, 5) is 8.08. The third-order valence-electron chi connectivity index (χ3n) is 2.59. The quantitative estimate of drug-likeness (QED) is 0.762. The van der Waals surface area contributed by atoms with E-state index in [9.17, 15) is 4.39 Å². The zero-order valence-electron chi connectivity index (χ0n) is 8.66. The third-order valence-corrected chi connectivity index (χ3v) is 2.59. The van der Waals surface area contributed by atoms with Crippen molar-refractivity contribution in [1.29, 1.82) is 0 Å². The van der Waals surface area contributed by atoms with Crippen molar-refractivity contribution >= 4 is 5.82 Å². The molecule has 15 heavy (non-hydrogen) atoms. The van der Waals surface area contributed by atoms with E-state index in [0.717, 1.165) is 19.4 Å². The van der Waals surface area contributed by atoms with Crippen LogP contribution in [-0.4, -0.2) is 23.2 Å². The van der Waals surface area contributed by atoms with E-state index in [1.807, 2.05) is 0 Å². The molecule has 0 aromatic carbocycles. The summed E-state index contributed by atoms with van der Waals surface area (Å²) in [7, 11) is 0. The Morgan fingerprint density at radius 3 is 2.87 bits per heavy atom. The number of nitrogen functional groups attached to an aromatic ring is 1. The van der Waals surface area contributed by atoms with Gasteiger partial charge in [-0.2, -0.15) is 0 Å². The first-order chi connectivity index (χ1) is 7.18. The molecule has 2 N–H and O–H groups in total. The second kappa shape index (κ2) is 4.10. The summed E-state index contributed by atoms with van der Waals surface area (Å²) in [6.45, 7) is 2.98. The number of hydrogen-bond donors (Lipinski definition) is 1. The summed E-state index contributed by atoms with van der Waals surface area (Å²) < 4.78 is 18.5. The van der Waals surface area contributed by atoms with E-state index in [1.54, 1.807) is 6.92 Å². The lowest BCUT2D eigenvalue weighted by atomic mass is 10.0. The van der Waals surface area contributed by atoms with E-state index < -0.39 is 5.82 Å². The highest BCUT2D eigenvalue weighted by molar-refractivity contribution is 5.32. The highest BCUT2D eigenvalue weighted by atomic mass is 19.1. The van der Waals surface area contributed by atoms with Gasteiger partial charge in [-0.05, 0) is 19.8 Å². The van der Waals surface area contributed by atoms with Crippen LogP contribution in [0.25, 0.3) is 0 Å². The molecule has 1 saturated heterocycles. The van der Waals surface area contributed by atoms with Gasteiger partial charge in [0.1, 0.15) is 5.82 Å². The molecule has 82 valence electrons. The SMILES string of the molecule is Cc1nc(C2CCCOC2)nc(N)c1F. The van der Waals surface area contributed by atoms with Gasteiger partial charge in [-0.15, -0.1) is 0 Å². The van der Waals surface area contributed by atoms with E-state index in [4.69, 9.17) is 10.5 Å². The van der Waals surface area contributed by atoms with Crippen molar-refractivity contribution in [2.24, 2.45) is 0 Å². The molecule has 5 heteroatoms. The van der Waals surface area contributed by atoms with Gasteiger partial charge >= 0.3 is 0 Å². The minimum atomic E-state index is -0.518. The van der Waals surface area contributed by atoms with Crippen molar-refractivity contribution in [3.05, 3.63) is 17.3 Å². The average Bonchev–Trinajstić information content (AvgIpc) is 2.26. The van der Waals surface area contributed by atoms with Gasteiger partial charge in [0.2, 0.25) is 0 Å². The van der Waals surface area contributed by atoms with Crippen LogP contribution in [0.1, 0.15) is 30.3 Å². The fourth-order valence-electron chi connectivity index (χ4n) is 1.73. The standard InChI is InChI=1S/C10H14FN3O/c1-6-8(11)9(12)14-10(13-6)7-3-2-4-15-5-7/h7H,2-5H2,1H3,(H2,12,13,14). The Hall–Kier alpha value is -1.23. The second-order valence-corrected chi connectivity index (χ2v) is 3.78. The summed E-state index contributed by atoms with van der Waals surface area (Å²) in [5.41, 5.74) is 5.77. The van der Waals surface area contributed by atoms with Gasteiger partial charge in [-0.1, -0.05) is 0 Å². The summed E-state index contributed by atoms with van der Waals surface area (Å²) in [5, 5.41) is 0. The number of aryl methyl sites for hydroxylation is 1. The molecule has 1 aromatic heterocycles. The summed E-state index contributed by atoms with van der Waals surface area (Å²) in [5.74, 6) is 0.171. The normalized spacial score (nSPS) is 21.6. The number of hydrogen-bond acceptors (Lipinski definition) is 4. The zero-order valence-corrected chi connectivity index (χ0v) is 8.66. The van der Waals surface area contributed by atoms with E-state index in [0.29, 0.717) is 18.1 Å². The van der Waals surface area contributed by atoms with Crippen LogP contribution in [0.3, 0.4) is 0 Å². The number of halogens is 1. The Bertz CT molecular complexity index is 341. The van der Waals surface area contributed by atoms with Gasteiger partial charge in [0, 0.05) is 12.5 Å². The molecule has 0 aliphatic carbocycles. The van der Waals surface area contributed by atoms with Gasteiger partial charge in [-0.3, -0.25) is 0 Å². The van der Waals surface area contributed by atoms with Crippen molar-refractivity contribution in [2.75, 3.05) is 18.9 Å². The smallest absolute Gasteiger partial charge is 0.186 e. The molecular weight excluding hydrogens is 197 g/mol. The Kier molecular flexibility index (Phi) is 2.81. The molecule has 0 saturated carbocycles. The van der Waals surface area contributed by atoms with Crippen molar-refractivity contribution < 1.29 is 9.13 Å². The maximum absolute atomic E-state index is 13.2. The Labute approximate surface area is 87.7 Å². The lowest BCUT2D eigenvalue weighted by Gasteiger charge is -2.21. The number of rotatable bonds is 1. The van der Waals surface area contributed by atoms with Gasteiger partial charge in [-0.25, -0.2) is 14.4 Å². The van der Waals surface area contributed by atoms with Crippen molar-refractivity contribution in [3.63, 3.8) is 0 Å². The largest absolute Gasteiger partial charge is 0.381 e. The van der Waals surface area contributed by atoms with Gasteiger partial charge < -0.3 is 10.5 Å². The number of aromatic nitrogens is 2. The number of nitrogens with two attached hydrogens (primary N) is 1. The van der Waals surface area contributed by atoms with Crippen LogP contribution < -0.4 is 5.73 Å². The molecule has 1 aliphatic rings. The minimum Gasteiger partial charge on any atom is -0.381 e. The van der Waals surface area contributed by atoms with E-state index in [1.165, 1.54) is 0 Å². The molecule has 2 heterocycles. The van der Waals surface area contributed by atoms with Crippen LogP contribution in [0.4, 0.5) is 10.2 Å². The minimum absolute atomic E-state index is 0.0666. The Morgan fingerprint density at radius 1 is 1.47 bits per heavy atom. The van der Waals surface area contributed by atoms with Crippen LogP contribution in [0, 0.1) is 12.7 Å². The highest BCUT2D eigenvalue weighted by Crippen LogP contribution is 2.24. The van der Waals surface area contributed by atoms with Crippen molar-refractivity contribution in [1.82, 2.24) is 9.97 Å². The predicted octanol–water partition coefficient (Wildman–Crippen LogP) is 1.40. The van der Waals surface area contributed by atoms with E-state index in [2.05, 4.69) is 9.97 Å². The highest BCUT2D eigenvalue weighted by Gasteiger charge is 2.20. The van der Waals surface area contributed by atoms with E-state index >= 15 is 0 Å². The molecule has 0 spiro atoms. The van der Waals surface area contributed by atoms with Gasteiger partial charge in [0.05, 0.1) is 12.3 Å². The molecule has 1 unspecified atom stereocenters. The van der Waals surface area contributed by atoms with Gasteiger partial charge in [0.25, 0.3) is 0 Å². The first-order valence-electron chi connectivity index (χ1n) is 5.05. The lowest BCUT2D eigenvalue weighted by molar-refractivity contribution is 0.0780. The van der Waals surface area contributed by atoms with Gasteiger partial charge in [0.15, 0.2) is 11.6 Å². The lowest BCUT2D eigenvalue weighted by Crippen LogP contribution is -2.19. The Morgan fingerprint density at radius 2 is 2.27 bits per heavy atom. The fraction of sp³-hybridized carbons (Fsp3) is 0.600. The first kappa shape index (κ1) is 10.3. The molecular formula is C10H14FN3O. The molecule has 1 fully saturated rings. The fourth-order valence-corrected chi connectivity index (χ4v) is 1.73. The van der Waals surface area contributed by atoms with Crippen molar-refractivity contribution in [2.45, 2.75) is 25.7 Å². The molecule has 1 aliphatic heterocycles. The Balaban J connectivity index is 2.27. The molecule has 4 nitrogen and oxygen atoms in total. The van der Waals surface area contributed by atoms with Crippen molar-refractivity contribution in [3.8, 4) is 0 Å². The van der Waals surface area contributed by atoms with Crippen LogP contribution in [0.2, 0.25) is 0 Å². The number of nitrogens with zero attached hydrogens (tertiary/aromatic N) is 2. The summed E-state index contributed by atoms with van der Waals surface area (Å²) in [6.07, 6.45) is 1.97. The van der Waals surface area contributed by atoms with E-state index in [-0.39, 0.29) is 11.7 Å². The number of ether oxygens (including phenoxy) is 1. The predicted molar refractivity (Wildman–Crippen MR) is 53.9 cm³/mol. The summed E-state index contributed by atoms with van der Waals surface area (Å²) in [6, 6.07) is 0. The van der Waals surface area contributed by atoms with Crippen LogP contribution >= 0.6 is 0 Å². The summed E-state index contributed by atoms with van der Waals surface area (Å²) >= 11 is 0. The monoisotopic (exact) mass is 211 g/mol. The molecule has 0 bridgehead atoms. The van der Waals surface area contributed by atoms with Crippen LogP contribution in [0.15, 0.2) is 0 Å². The molecule has 0 amide bonds. The maximum atomic E-state index is 13.2. The van der Waals surface area contributed by atoms with Crippen LogP contribution in [0.5, 0.6) is 0 Å². The molecule has 1 aromatic rings. The molecule has 0 radical (unpaired) electrons. The maximum Gasteiger partial charge on any atom is 0.186 e. The number of anilines is 1. The molecule has 2 rings (SSSR count). The second-order valence-electron chi connectivity index (χ2n) is 3.78. The first-order valence-corrected chi connectivity index (χ1v) is 5.05. The van der Waals surface area contributed by atoms with Crippen LogP contribution in [-0.2, 0) is 4.74 Å². The zero-order chi connectivity index (χ0) is 10.8. The topological polar surface area (TPSA) is 61.0 Å².